The van der Waals surface area contributed by atoms with Crippen molar-refractivity contribution in [3.05, 3.63) is 59.4 Å². The molecule has 5 heteroatoms. The van der Waals surface area contributed by atoms with Crippen LogP contribution >= 0.6 is 0 Å². The van der Waals surface area contributed by atoms with Crippen molar-refractivity contribution >= 4 is 11.8 Å². The predicted octanol–water partition coefficient (Wildman–Crippen LogP) is 2.98. The largest absolute Gasteiger partial charge is 0.365 e. The van der Waals surface area contributed by atoms with Crippen molar-refractivity contribution in [2.75, 3.05) is 26.2 Å². The summed E-state index contributed by atoms with van der Waals surface area (Å²) in [6.45, 7) is 6.99. The van der Waals surface area contributed by atoms with E-state index in [-0.39, 0.29) is 11.8 Å². The lowest BCUT2D eigenvalue weighted by molar-refractivity contribution is -0.132. The van der Waals surface area contributed by atoms with Gasteiger partial charge in [0.25, 0.3) is 0 Å². The molecule has 1 fully saturated rings. The van der Waals surface area contributed by atoms with Crippen LogP contribution in [-0.4, -0.2) is 52.8 Å². The Morgan fingerprint density at radius 1 is 0.926 bits per heavy atom. The Hall–Kier alpha value is -2.56. The highest BCUT2D eigenvalue weighted by atomic mass is 16.2. The number of nitrogens with one attached hydrogen (secondary N) is 1. The van der Waals surface area contributed by atoms with Gasteiger partial charge >= 0.3 is 0 Å². The minimum absolute atomic E-state index is 0.121. The van der Waals surface area contributed by atoms with Gasteiger partial charge in [-0.1, -0.05) is 38.1 Å². The molecule has 0 saturated carbocycles. The zero-order valence-electron chi connectivity index (χ0n) is 16.3. The number of hydrogen-bond donors (Lipinski definition) is 1. The average molecular weight is 367 g/mol. The lowest BCUT2D eigenvalue weighted by Gasteiger charge is -2.22. The highest BCUT2D eigenvalue weighted by Gasteiger charge is 2.22. The van der Waals surface area contributed by atoms with Gasteiger partial charge in [-0.3, -0.25) is 9.59 Å². The molecule has 0 atom stereocenters. The van der Waals surface area contributed by atoms with Crippen molar-refractivity contribution in [2.24, 2.45) is 0 Å². The third kappa shape index (κ3) is 5.22. The van der Waals surface area contributed by atoms with E-state index in [2.05, 4.69) is 43.1 Å². The van der Waals surface area contributed by atoms with Crippen LogP contribution in [0.25, 0.3) is 0 Å². The summed E-state index contributed by atoms with van der Waals surface area (Å²) in [5, 5.41) is 0. The number of amides is 2. The van der Waals surface area contributed by atoms with Gasteiger partial charge in [0.05, 0.1) is 12.8 Å². The molecule has 0 aliphatic carbocycles. The SMILES string of the molecule is CC(C)c1ccc(CC(=O)N2CCCN(C(=O)Cc3ccc[nH]3)CC2)cc1. The van der Waals surface area contributed by atoms with Crippen LogP contribution in [0.4, 0.5) is 0 Å². The lowest BCUT2D eigenvalue weighted by atomic mass is 10.0. The smallest absolute Gasteiger partial charge is 0.228 e. The van der Waals surface area contributed by atoms with Crippen molar-refractivity contribution in [1.82, 2.24) is 14.8 Å². The molecule has 0 unspecified atom stereocenters. The van der Waals surface area contributed by atoms with E-state index < -0.39 is 0 Å². The first-order valence-corrected chi connectivity index (χ1v) is 9.79. The molecule has 1 aromatic carbocycles. The molecule has 1 aromatic heterocycles. The number of aromatic amines is 1. The molecule has 0 spiro atoms. The van der Waals surface area contributed by atoms with Crippen molar-refractivity contribution in [2.45, 2.75) is 39.0 Å². The van der Waals surface area contributed by atoms with Gasteiger partial charge in [-0.05, 0) is 35.6 Å². The molecule has 0 bridgehead atoms. The third-order valence-electron chi connectivity index (χ3n) is 5.21. The summed E-state index contributed by atoms with van der Waals surface area (Å²) in [5.41, 5.74) is 3.27. The van der Waals surface area contributed by atoms with Crippen LogP contribution in [0.3, 0.4) is 0 Å². The maximum atomic E-state index is 12.7. The molecule has 3 rings (SSSR count). The average Bonchev–Trinajstić information content (AvgIpc) is 3.03. The van der Waals surface area contributed by atoms with E-state index in [0.717, 1.165) is 24.2 Å². The second-order valence-corrected chi connectivity index (χ2v) is 7.56. The first-order chi connectivity index (χ1) is 13.0. The van der Waals surface area contributed by atoms with Gasteiger partial charge in [0.2, 0.25) is 11.8 Å². The number of rotatable bonds is 5. The van der Waals surface area contributed by atoms with E-state index in [1.54, 1.807) is 0 Å². The van der Waals surface area contributed by atoms with Crippen LogP contribution in [0.15, 0.2) is 42.6 Å². The quantitative estimate of drug-likeness (QED) is 0.883. The first-order valence-electron chi connectivity index (χ1n) is 9.79. The molecular weight excluding hydrogens is 338 g/mol. The van der Waals surface area contributed by atoms with Gasteiger partial charge in [-0.2, -0.15) is 0 Å². The molecule has 27 heavy (non-hydrogen) atoms. The summed E-state index contributed by atoms with van der Waals surface area (Å²) in [7, 11) is 0. The Morgan fingerprint density at radius 3 is 2.11 bits per heavy atom. The molecule has 1 N–H and O–H groups in total. The van der Waals surface area contributed by atoms with Crippen molar-refractivity contribution < 1.29 is 9.59 Å². The molecule has 1 aliphatic rings. The molecule has 2 heterocycles. The first kappa shape index (κ1) is 19.2. The summed E-state index contributed by atoms with van der Waals surface area (Å²) in [5.74, 6) is 0.761. The minimum Gasteiger partial charge on any atom is -0.365 e. The van der Waals surface area contributed by atoms with E-state index in [1.807, 2.05) is 28.1 Å². The van der Waals surface area contributed by atoms with Gasteiger partial charge in [-0.15, -0.1) is 0 Å². The Morgan fingerprint density at radius 2 is 1.56 bits per heavy atom. The second kappa shape index (κ2) is 8.89. The molecule has 1 aliphatic heterocycles. The van der Waals surface area contributed by atoms with Crippen molar-refractivity contribution in [3.8, 4) is 0 Å². The normalized spacial score (nSPS) is 15.1. The second-order valence-electron chi connectivity index (χ2n) is 7.56. The van der Waals surface area contributed by atoms with Crippen molar-refractivity contribution in [3.63, 3.8) is 0 Å². The number of aromatic nitrogens is 1. The highest BCUT2D eigenvalue weighted by molar-refractivity contribution is 5.80. The Labute approximate surface area is 161 Å². The van der Waals surface area contributed by atoms with Crippen LogP contribution < -0.4 is 0 Å². The standard InChI is InChI=1S/C22H29N3O2/c1-17(2)19-8-6-18(7-9-19)15-21(26)24-11-4-12-25(14-13-24)22(27)16-20-5-3-10-23-20/h3,5-10,17,23H,4,11-16H2,1-2H3. The number of carbonyl (C=O) groups is 2. The monoisotopic (exact) mass is 367 g/mol. The number of benzene rings is 1. The van der Waals surface area contributed by atoms with Gasteiger partial charge in [-0.25, -0.2) is 0 Å². The Balaban J connectivity index is 1.52. The van der Waals surface area contributed by atoms with Gasteiger partial charge in [0, 0.05) is 38.1 Å². The molecule has 5 nitrogen and oxygen atoms in total. The summed E-state index contributed by atoms with van der Waals surface area (Å²) < 4.78 is 0. The van der Waals surface area contributed by atoms with E-state index >= 15 is 0 Å². The summed E-state index contributed by atoms with van der Waals surface area (Å²) in [4.78, 5) is 32.0. The Bertz CT molecular complexity index is 750. The van der Waals surface area contributed by atoms with Gasteiger partial charge in [0.15, 0.2) is 0 Å². The molecule has 1 saturated heterocycles. The molecular formula is C22H29N3O2. The third-order valence-corrected chi connectivity index (χ3v) is 5.21. The zero-order chi connectivity index (χ0) is 19.2. The fourth-order valence-corrected chi connectivity index (χ4v) is 3.48. The number of hydrogen-bond acceptors (Lipinski definition) is 2. The fourth-order valence-electron chi connectivity index (χ4n) is 3.48. The van der Waals surface area contributed by atoms with E-state index in [1.165, 1.54) is 5.56 Å². The molecule has 0 radical (unpaired) electrons. The number of nitrogens with zero attached hydrogens (tertiary/aromatic N) is 2. The van der Waals surface area contributed by atoms with Crippen LogP contribution in [-0.2, 0) is 22.4 Å². The fraction of sp³-hybridized carbons (Fsp3) is 0.455. The molecule has 2 aromatic rings. The van der Waals surface area contributed by atoms with Crippen LogP contribution in [0.5, 0.6) is 0 Å². The van der Waals surface area contributed by atoms with Crippen LogP contribution in [0.1, 0.15) is 43.0 Å². The van der Waals surface area contributed by atoms with Gasteiger partial charge < -0.3 is 14.8 Å². The maximum Gasteiger partial charge on any atom is 0.228 e. The molecule has 2 amide bonds. The molecule has 144 valence electrons. The van der Waals surface area contributed by atoms with E-state index in [0.29, 0.717) is 38.4 Å². The number of carbonyl (C=O) groups excluding carboxylic acids is 2. The lowest BCUT2D eigenvalue weighted by Crippen LogP contribution is -2.38. The maximum absolute atomic E-state index is 12.7. The highest BCUT2D eigenvalue weighted by Crippen LogP contribution is 2.16. The predicted molar refractivity (Wildman–Crippen MR) is 107 cm³/mol. The number of H-pyrrole nitrogens is 1. The van der Waals surface area contributed by atoms with Crippen LogP contribution in [0.2, 0.25) is 0 Å². The summed E-state index contributed by atoms with van der Waals surface area (Å²) >= 11 is 0. The van der Waals surface area contributed by atoms with E-state index in [4.69, 9.17) is 0 Å². The van der Waals surface area contributed by atoms with Gasteiger partial charge in [0.1, 0.15) is 0 Å². The topological polar surface area (TPSA) is 56.4 Å². The Kier molecular flexibility index (Phi) is 6.32. The minimum atomic E-state index is 0.121. The summed E-state index contributed by atoms with van der Waals surface area (Å²) in [6, 6.07) is 12.1. The van der Waals surface area contributed by atoms with Crippen molar-refractivity contribution in [1.29, 1.82) is 0 Å². The van der Waals surface area contributed by atoms with E-state index in [9.17, 15) is 9.59 Å². The zero-order valence-corrected chi connectivity index (χ0v) is 16.3. The van der Waals surface area contributed by atoms with Crippen LogP contribution in [0, 0.1) is 0 Å². The summed E-state index contributed by atoms with van der Waals surface area (Å²) in [6.07, 6.45) is 3.48.